The van der Waals surface area contributed by atoms with Crippen LogP contribution in [0.2, 0.25) is 0 Å². The molecule has 0 aromatic rings. The van der Waals surface area contributed by atoms with Crippen LogP contribution in [0.4, 0.5) is 0 Å². The lowest BCUT2D eigenvalue weighted by Gasteiger charge is -2.39. The fourth-order valence-corrected chi connectivity index (χ4v) is 4.94. The topological polar surface area (TPSA) is 37.4 Å². The van der Waals surface area contributed by atoms with Gasteiger partial charge in [0.2, 0.25) is 0 Å². The first-order valence-corrected chi connectivity index (χ1v) is 9.10. The van der Waals surface area contributed by atoms with Crippen LogP contribution in [0.3, 0.4) is 0 Å². The summed E-state index contributed by atoms with van der Waals surface area (Å²) in [5.41, 5.74) is 0.250. The molecule has 0 radical (unpaired) electrons. The predicted octanol–water partition coefficient (Wildman–Crippen LogP) is 2.16. The molecule has 1 saturated heterocycles. The summed E-state index contributed by atoms with van der Waals surface area (Å²) in [4.78, 5) is 2.32. The predicted molar refractivity (Wildman–Crippen MR) is 76.4 cm³/mol. The highest BCUT2D eigenvalue weighted by molar-refractivity contribution is 9.09. The molecule has 0 saturated carbocycles. The zero-order valence-corrected chi connectivity index (χ0v) is 13.6. The molecule has 17 heavy (non-hydrogen) atoms. The average molecular weight is 326 g/mol. The summed E-state index contributed by atoms with van der Waals surface area (Å²) in [5.74, 6) is 1.17. The van der Waals surface area contributed by atoms with Crippen LogP contribution in [0.15, 0.2) is 0 Å². The molecule has 3 nitrogen and oxygen atoms in total. The van der Waals surface area contributed by atoms with Crippen LogP contribution in [-0.2, 0) is 9.84 Å². The smallest absolute Gasteiger partial charge is 0.153 e. The number of hydrogen-bond acceptors (Lipinski definition) is 3. The van der Waals surface area contributed by atoms with Crippen molar-refractivity contribution in [1.29, 1.82) is 0 Å². The first-order valence-electron chi connectivity index (χ1n) is 6.16. The third-order valence-corrected chi connectivity index (χ3v) is 6.25. The third kappa shape index (κ3) is 4.52. The van der Waals surface area contributed by atoms with Crippen molar-refractivity contribution in [2.24, 2.45) is 11.3 Å². The van der Waals surface area contributed by atoms with Crippen LogP contribution in [0.5, 0.6) is 0 Å². The van der Waals surface area contributed by atoms with Crippen molar-refractivity contribution in [1.82, 2.24) is 4.90 Å². The van der Waals surface area contributed by atoms with Crippen LogP contribution in [0, 0.1) is 11.3 Å². The van der Waals surface area contributed by atoms with Crippen molar-refractivity contribution in [3.05, 3.63) is 0 Å². The highest BCUT2D eigenvalue weighted by Crippen LogP contribution is 2.29. The van der Waals surface area contributed by atoms with Gasteiger partial charge in [0.15, 0.2) is 9.84 Å². The molecule has 0 amide bonds. The molecular weight excluding hydrogens is 302 g/mol. The molecule has 0 bridgehead atoms. The van der Waals surface area contributed by atoms with Crippen LogP contribution in [-0.4, -0.2) is 49.3 Å². The quantitative estimate of drug-likeness (QED) is 0.746. The minimum atomic E-state index is -2.80. The third-order valence-electron chi connectivity index (χ3n) is 3.67. The van der Waals surface area contributed by atoms with E-state index in [1.165, 1.54) is 0 Å². The number of rotatable bonds is 3. The molecule has 1 aliphatic heterocycles. The molecule has 102 valence electrons. The first-order chi connectivity index (χ1) is 7.65. The van der Waals surface area contributed by atoms with Crippen LogP contribution in [0.25, 0.3) is 0 Å². The number of halogens is 1. The van der Waals surface area contributed by atoms with E-state index < -0.39 is 9.84 Å². The lowest BCUT2D eigenvalue weighted by Crippen LogP contribution is -2.50. The molecular formula is C12H24BrNO2S. The molecule has 0 spiro atoms. The Kier molecular flexibility index (Phi) is 5.07. The lowest BCUT2D eigenvalue weighted by atomic mass is 9.81. The normalized spacial score (nSPS) is 27.9. The van der Waals surface area contributed by atoms with Gasteiger partial charge in [0.1, 0.15) is 0 Å². The van der Waals surface area contributed by atoms with E-state index in [2.05, 4.69) is 41.6 Å². The number of nitrogens with zero attached hydrogens (tertiary/aromatic N) is 1. The second-order valence-corrected chi connectivity index (χ2v) is 9.05. The summed E-state index contributed by atoms with van der Waals surface area (Å²) in [6.45, 7) is 10.4. The standard InChI is InChI=1S/C12H24BrNO2S/c1-10-9-17(15,16)6-5-14(10)8-11(7-13)12(2,3)4/h10-11H,5-9H2,1-4H3. The SMILES string of the molecule is CC1CS(=O)(=O)CCN1CC(CBr)C(C)(C)C. The molecule has 1 fully saturated rings. The summed E-state index contributed by atoms with van der Waals surface area (Å²) in [6.07, 6.45) is 0. The van der Waals surface area contributed by atoms with Gasteiger partial charge in [-0.05, 0) is 18.3 Å². The van der Waals surface area contributed by atoms with Gasteiger partial charge in [-0.2, -0.15) is 0 Å². The highest BCUT2D eigenvalue weighted by atomic mass is 79.9. The minimum Gasteiger partial charge on any atom is -0.298 e. The molecule has 1 heterocycles. The summed E-state index contributed by atoms with van der Waals surface area (Å²) in [7, 11) is -2.80. The maximum absolute atomic E-state index is 11.5. The monoisotopic (exact) mass is 325 g/mol. The molecule has 5 heteroatoms. The molecule has 1 aliphatic rings. The van der Waals surface area contributed by atoms with Gasteiger partial charge in [-0.1, -0.05) is 36.7 Å². The molecule has 0 aromatic carbocycles. The molecule has 0 aliphatic carbocycles. The van der Waals surface area contributed by atoms with Gasteiger partial charge in [0.05, 0.1) is 11.5 Å². The van der Waals surface area contributed by atoms with E-state index in [1.807, 2.05) is 6.92 Å². The Hall–Kier alpha value is 0.390. The van der Waals surface area contributed by atoms with Crippen molar-refractivity contribution < 1.29 is 8.42 Å². The molecule has 2 atom stereocenters. The minimum absolute atomic E-state index is 0.151. The van der Waals surface area contributed by atoms with Gasteiger partial charge >= 0.3 is 0 Å². The van der Waals surface area contributed by atoms with E-state index >= 15 is 0 Å². The summed E-state index contributed by atoms with van der Waals surface area (Å²) in [5, 5.41) is 0.965. The van der Waals surface area contributed by atoms with E-state index in [1.54, 1.807) is 0 Å². The largest absolute Gasteiger partial charge is 0.298 e. The summed E-state index contributed by atoms with van der Waals surface area (Å²) in [6, 6.07) is 0.151. The second kappa shape index (κ2) is 5.57. The number of alkyl halides is 1. The molecule has 2 unspecified atom stereocenters. The second-order valence-electron chi connectivity index (χ2n) is 6.18. The average Bonchev–Trinajstić information content (AvgIpc) is 2.13. The van der Waals surface area contributed by atoms with Gasteiger partial charge in [-0.3, -0.25) is 4.90 Å². The van der Waals surface area contributed by atoms with Gasteiger partial charge in [-0.15, -0.1) is 0 Å². The maximum atomic E-state index is 11.5. The zero-order valence-electron chi connectivity index (χ0n) is 11.2. The number of hydrogen-bond donors (Lipinski definition) is 0. The van der Waals surface area contributed by atoms with Crippen molar-refractivity contribution in [3.8, 4) is 0 Å². The number of sulfone groups is 1. The highest BCUT2D eigenvalue weighted by Gasteiger charge is 2.32. The van der Waals surface area contributed by atoms with E-state index in [-0.39, 0.29) is 11.5 Å². The van der Waals surface area contributed by atoms with Gasteiger partial charge in [0, 0.05) is 24.5 Å². The Morgan fingerprint density at radius 1 is 1.41 bits per heavy atom. The van der Waals surface area contributed by atoms with Crippen molar-refractivity contribution in [2.75, 3.05) is 29.9 Å². The van der Waals surface area contributed by atoms with Crippen molar-refractivity contribution >= 4 is 25.8 Å². The van der Waals surface area contributed by atoms with Crippen molar-refractivity contribution in [2.45, 2.75) is 33.7 Å². The molecule has 0 N–H and O–H groups in total. The van der Waals surface area contributed by atoms with E-state index in [0.29, 0.717) is 24.0 Å². The summed E-state index contributed by atoms with van der Waals surface area (Å²) < 4.78 is 23.0. The fourth-order valence-electron chi connectivity index (χ4n) is 2.14. The zero-order chi connectivity index (χ0) is 13.3. The fraction of sp³-hybridized carbons (Fsp3) is 1.00. The van der Waals surface area contributed by atoms with E-state index in [0.717, 1.165) is 11.9 Å². The van der Waals surface area contributed by atoms with Gasteiger partial charge in [-0.25, -0.2) is 8.42 Å². The van der Waals surface area contributed by atoms with Crippen LogP contribution < -0.4 is 0 Å². The Balaban J connectivity index is 2.64. The Morgan fingerprint density at radius 3 is 2.41 bits per heavy atom. The van der Waals surface area contributed by atoms with Crippen LogP contribution >= 0.6 is 15.9 Å². The van der Waals surface area contributed by atoms with Crippen molar-refractivity contribution in [3.63, 3.8) is 0 Å². The van der Waals surface area contributed by atoms with E-state index in [9.17, 15) is 8.42 Å². The molecule has 1 rings (SSSR count). The van der Waals surface area contributed by atoms with Gasteiger partial charge < -0.3 is 0 Å². The molecule has 0 aromatic heterocycles. The maximum Gasteiger partial charge on any atom is 0.153 e. The summed E-state index contributed by atoms with van der Waals surface area (Å²) >= 11 is 3.58. The Morgan fingerprint density at radius 2 is 2.00 bits per heavy atom. The Bertz CT molecular complexity index is 348. The lowest BCUT2D eigenvalue weighted by molar-refractivity contribution is 0.142. The van der Waals surface area contributed by atoms with Crippen LogP contribution in [0.1, 0.15) is 27.7 Å². The first kappa shape index (κ1) is 15.4. The van der Waals surface area contributed by atoms with Gasteiger partial charge in [0.25, 0.3) is 0 Å². The van der Waals surface area contributed by atoms with E-state index in [4.69, 9.17) is 0 Å². The Labute approximate surface area is 114 Å².